The quantitative estimate of drug-likeness (QED) is 0.784. The molecule has 0 radical (unpaired) electrons. The Morgan fingerprint density at radius 2 is 1.89 bits per heavy atom. The van der Waals surface area contributed by atoms with Gasteiger partial charge in [-0.1, -0.05) is 18.2 Å². The summed E-state index contributed by atoms with van der Waals surface area (Å²) >= 11 is 0. The van der Waals surface area contributed by atoms with E-state index in [1.807, 2.05) is 18.2 Å². The molecule has 2 aromatic rings. The van der Waals surface area contributed by atoms with E-state index in [0.717, 1.165) is 0 Å². The van der Waals surface area contributed by atoms with Crippen molar-refractivity contribution in [3.63, 3.8) is 0 Å². The van der Waals surface area contributed by atoms with Crippen molar-refractivity contribution in [1.29, 1.82) is 0 Å². The van der Waals surface area contributed by atoms with Crippen LogP contribution in [0.15, 0.2) is 35.1 Å². The number of nitrogens with two attached hydrogens (primary N) is 2. The van der Waals surface area contributed by atoms with E-state index in [-0.39, 0.29) is 17.7 Å². The molecule has 1 aromatic heterocycles. The SMILES string of the molecule is Cn1c(CC(N)=O)c(N)c(=O)n1-c1ccccc1. The molecule has 0 aliphatic carbocycles. The molecule has 94 valence electrons. The Bertz CT molecular complexity index is 640. The van der Waals surface area contributed by atoms with Crippen LogP contribution in [0.2, 0.25) is 0 Å². The lowest BCUT2D eigenvalue weighted by molar-refractivity contribution is -0.117. The highest BCUT2D eigenvalue weighted by Crippen LogP contribution is 2.12. The summed E-state index contributed by atoms with van der Waals surface area (Å²) in [5, 5.41) is 0. The van der Waals surface area contributed by atoms with Crippen LogP contribution in [0.5, 0.6) is 0 Å². The van der Waals surface area contributed by atoms with Crippen molar-refractivity contribution < 1.29 is 4.79 Å². The lowest BCUT2D eigenvalue weighted by Crippen LogP contribution is -2.21. The molecule has 0 saturated carbocycles. The first-order valence-electron chi connectivity index (χ1n) is 5.42. The molecular weight excluding hydrogens is 232 g/mol. The Labute approximate surface area is 103 Å². The minimum absolute atomic E-state index is 0.0557. The molecule has 0 spiro atoms. The Balaban J connectivity index is 2.64. The van der Waals surface area contributed by atoms with Gasteiger partial charge in [-0.2, -0.15) is 0 Å². The number of carbonyl (C=O) groups is 1. The zero-order valence-corrected chi connectivity index (χ0v) is 9.96. The minimum Gasteiger partial charge on any atom is -0.393 e. The van der Waals surface area contributed by atoms with Gasteiger partial charge in [0.15, 0.2) is 0 Å². The van der Waals surface area contributed by atoms with Gasteiger partial charge in [0.25, 0.3) is 5.56 Å². The Morgan fingerprint density at radius 1 is 1.28 bits per heavy atom. The van der Waals surface area contributed by atoms with Crippen molar-refractivity contribution in [2.75, 3.05) is 5.73 Å². The van der Waals surface area contributed by atoms with E-state index in [4.69, 9.17) is 11.5 Å². The standard InChI is InChI=1S/C12H14N4O2/c1-15-9(7-10(13)17)11(14)12(18)16(15)8-5-3-2-4-6-8/h2-6H,7,14H2,1H3,(H2,13,17). The largest absolute Gasteiger partial charge is 0.393 e. The van der Waals surface area contributed by atoms with E-state index in [1.54, 1.807) is 23.9 Å². The van der Waals surface area contributed by atoms with Gasteiger partial charge in [-0.05, 0) is 12.1 Å². The summed E-state index contributed by atoms with van der Waals surface area (Å²) in [7, 11) is 1.67. The first kappa shape index (κ1) is 12.0. The third-order valence-corrected chi connectivity index (χ3v) is 2.77. The van der Waals surface area contributed by atoms with Crippen LogP contribution in [0, 0.1) is 0 Å². The summed E-state index contributed by atoms with van der Waals surface area (Å²) in [6.07, 6.45) is -0.0581. The van der Waals surface area contributed by atoms with Crippen LogP contribution in [0.25, 0.3) is 5.69 Å². The molecule has 0 atom stereocenters. The van der Waals surface area contributed by atoms with Gasteiger partial charge in [0.1, 0.15) is 5.69 Å². The molecule has 0 fully saturated rings. The smallest absolute Gasteiger partial charge is 0.294 e. The molecule has 6 heteroatoms. The molecule has 1 amide bonds. The fourth-order valence-corrected chi connectivity index (χ4v) is 1.90. The maximum Gasteiger partial charge on any atom is 0.294 e. The predicted octanol–water partition coefficient (Wildman–Crippen LogP) is -0.214. The Morgan fingerprint density at radius 3 is 2.44 bits per heavy atom. The van der Waals surface area contributed by atoms with Gasteiger partial charge < -0.3 is 11.5 Å². The van der Waals surface area contributed by atoms with Crippen LogP contribution in [-0.4, -0.2) is 15.3 Å². The highest BCUT2D eigenvalue weighted by atomic mass is 16.1. The van der Waals surface area contributed by atoms with Gasteiger partial charge in [-0.3, -0.25) is 14.3 Å². The average Bonchev–Trinajstić information content (AvgIpc) is 2.54. The number of carbonyl (C=O) groups excluding carboxylic acids is 1. The topological polar surface area (TPSA) is 96.0 Å². The molecule has 1 heterocycles. The minimum atomic E-state index is -0.525. The van der Waals surface area contributed by atoms with E-state index in [9.17, 15) is 9.59 Å². The average molecular weight is 246 g/mol. The normalized spacial score (nSPS) is 10.5. The van der Waals surface area contributed by atoms with Crippen molar-refractivity contribution in [3.05, 3.63) is 46.4 Å². The molecule has 0 unspecified atom stereocenters. The predicted molar refractivity (Wildman–Crippen MR) is 68.3 cm³/mol. The summed E-state index contributed by atoms with van der Waals surface area (Å²) in [5.74, 6) is -0.525. The van der Waals surface area contributed by atoms with Gasteiger partial charge in [-0.15, -0.1) is 0 Å². The van der Waals surface area contributed by atoms with Crippen molar-refractivity contribution in [2.24, 2.45) is 12.8 Å². The number of amides is 1. The van der Waals surface area contributed by atoms with Gasteiger partial charge in [-0.25, -0.2) is 4.68 Å². The summed E-state index contributed by atoms with van der Waals surface area (Å²) in [5.41, 5.74) is 11.7. The van der Waals surface area contributed by atoms with E-state index in [2.05, 4.69) is 0 Å². The first-order chi connectivity index (χ1) is 8.52. The number of nitrogens with zero attached hydrogens (tertiary/aromatic N) is 2. The van der Waals surface area contributed by atoms with Gasteiger partial charge in [0, 0.05) is 7.05 Å². The molecule has 0 saturated heterocycles. The molecule has 2 rings (SSSR count). The third kappa shape index (κ3) is 1.88. The zero-order valence-electron chi connectivity index (χ0n) is 9.96. The number of hydrogen-bond acceptors (Lipinski definition) is 3. The number of rotatable bonds is 3. The molecule has 1 aromatic carbocycles. The maximum absolute atomic E-state index is 12.1. The summed E-state index contributed by atoms with van der Waals surface area (Å²) < 4.78 is 2.96. The van der Waals surface area contributed by atoms with E-state index in [1.165, 1.54) is 4.68 Å². The second kappa shape index (κ2) is 4.40. The fraction of sp³-hybridized carbons (Fsp3) is 0.167. The Kier molecular flexibility index (Phi) is 2.93. The molecule has 0 aliphatic heterocycles. The molecular formula is C12H14N4O2. The summed E-state index contributed by atoms with van der Waals surface area (Å²) in [4.78, 5) is 23.0. The van der Waals surface area contributed by atoms with Crippen LogP contribution >= 0.6 is 0 Å². The van der Waals surface area contributed by atoms with Crippen molar-refractivity contribution in [2.45, 2.75) is 6.42 Å². The van der Waals surface area contributed by atoms with E-state index < -0.39 is 5.91 Å². The lowest BCUT2D eigenvalue weighted by Gasteiger charge is -2.08. The highest BCUT2D eigenvalue weighted by molar-refractivity contribution is 5.77. The maximum atomic E-state index is 12.1. The van der Waals surface area contributed by atoms with Crippen molar-refractivity contribution in [1.82, 2.24) is 9.36 Å². The van der Waals surface area contributed by atoms with Crippen LogP contribution in [0.4, 0.5) is 5.69 Å². The van der Waals surface area contributed by atoms with Crippen molar-refractivity contribution >= 4 is 11.6 Å². The second-order valence-corrected chi connectivity index (χ2v) is 3.98. The highest BCUT2D eigenvalue weighted by Gasteiger charge is 2.17. The number of aromatic nitrogens is 2. The number of hydrogen-bond donors (Lipinski definition) is 2. The molecule has 18 heavy (non-hydrogen) atoms. The number of para-hydroxylation sites is 1. The van der Waals surface area contributed by atoms with Crippen LogP contribution in [0.1, 0.15) is 5.69 Å². The fourth-order valence-electron chi connectivity index (χ4n) is 1.90. The van der Waals surface area contributed by atoms with Crippen LogP contribution in [0.3, 0.4) is 0 Å². The van der Waals surface area contributed by atoms with Crippen LogP contribution < -0.4 is 17.0 Å². The number of anilines is 1. The van der Waals surface area contributed by atoms with E-state index in [0.29, 0.717) is 11.4 Å². The second-order valence-electron chi connectivity index (χ2n) is 3.98. The molecule has 0 bridgehead atoms. The monoisotopic (exact) mass is 246 g/mol. The summed E-state index contributed by atoms with van der Waals surface area (Å²) in [6.45, 7) is 0. The van der Waals surface area contributed by atoms with Crippen LogP contribution in [-0.2, 0) is 18.3 Å². The van der Waals surface area contributed by atoms with Gasteiger partial charge in [0.2, 0.25) is 5.91 Å². The van der Waals surface area contributed by atoms with Gasteiger partial charge in [0.05, 0.1) is 17.8 Å². The van der Waals surface area contributed by atoms with E-state index >= 15 is 0 Å². The molecule has 0 aliphatic rings. The van der Waals surface area contributed by atoms with Crippen molar-refractivity contribution in [3.8, 4) is 5.69 Å². The number of primary amides is 1. The summed E-state index contributed by atoms with van der Waals surface area (Å²) in [6, 6.07) is 9.06. The number of benzene rings is 1. The van der Waals surface area contributed by atoms with Gasteiger partial charge >= 0.3 is 0 Å². The number of nitrogen functional groups attached to an aromatic ring is 1. The zero-order chi connectivity index (χ0) is 13.3. The molecule has 6 nitrogen and oxygen atoms in total. The first-order valence-corrected chi connectivity index (χ1v) is 5.42. The lowest BCUT2D eigenvalue weighted by atomic mass is 10.2. The molecule has 4 N–H and O–H groups in total. The third-order valence-electron chi connectivity index (χ3n) is 2.77. The Hall–Kier alpha value is -2.50.